The Kier molecular flexibility index (Phi) is 2.12. The van der Waals surface area contributed by atoms with Crippen molar-refractivity contribution in [2.24, 2.45) is 0 Å². The molecule has 92 valence electrons. The van der Waals surface area contributed by atoms with E-state index in [1.165, 1.54) is 22.2 Å². The van der Waals surface area contributed by atoms with Crippen LogP contribution >= 0.6 is 0 Å². The van der Waals surface area contributed by atoms with Crippen LogP contribution in [0, 0.1) is 0 Å². The molecule has 2 heterocycles. The fourth-order valence-electron chi connectivity index (χ4n) is 2.85. The molecule has 0 bridgehead atoms. The lowest BCUT2D eigenvalue weighted by Gasteiger charge is -2.15. The molecule has 19 heavy (non-hydrogen) atoms. The van der Waals surface area contributed by atoms with Crippen molar-refractivity contribution in [2.45, 2.75) is 13.5 Å². The first kappa shape index (κ1) is 10.6. The van der Waals surface area contributed by atoms with Gasteiger partial charge in [-0.1, -0.05) is 54.1 Å². The lowest BCUT2D eigenvalue weighted by atomic mass is 10.1. The molecule has 3 aromatic rings. The molecule has 0 aliphatic carbocycles. The first-order valence-electron chi connectivity index (χ1n) is 6.55. The smallest absolute Gasteiger partial charge is 0.141 e. The largest absolute Gasteiger partial charge is 0.319 e. The molecule has 0 fully saturated rings. The van der Waals surface area contributed by atoms with Crippen LogP contribution in [0.5, 0.6) is 0 Å². The Balaban J connectivity index is 2.07. The van der Waals surface area contributed by atoms with Crippen LogP contribution in [-0.2, 0) is 6.54 Å². The van der Waals surface area contributed by atoms with Gasteiger partial charge in [-0.25, -0.2) is 4.98 Å². The van der Waals surface area contributed by atoms with Crippen molar-refractivity contribution < 1.29 is 0 Å². The van der Waals surface area contributed by atoms with Crippen molar-refractivity contribution in [3.63, 3.8) is 0 Å². The van der Waals surface area contributed by atoms with Gasteiger partial charge in [0.2, 0.25) is 0 Å². The topological polar surface area (TPSA) is 17.8 Å². The first-order valence-corrected chi connectivity index (χ1v) is 6.55. The number of para-hydroxylation sites is 1. The number of nitrogens with zero attached hydrogens (tertiary/aromatic N) is 2. The van der Waals surface area contributed by atoms with Crippen LogP contribution in [-0.4, -0.2) is 9.55 Å². The Morgan fingerprint density at radius 3 is 2.68 bits per heavy atom. The molecule has 0 spiro atoms. The molecule has 0 N–H and O–H groups in total. The maximum absolute atomic E-state index is 4.82. The maximum atomic E-state index is 4.82. The summed E-state index contributed by atoms with van der Waals surface area (Å²) in [6.07, 6.45) is 2.26. The van der Waals surface area contributed by atoms with E-state index >= 15 is 0 Å². The lowest BCUT2D eigenvalue weighted by Crippen LogP contribution is -2.06. The highest BCUT2D eigenvalue weighted by Crippen LogP contribution is 2.31. The second-order valence-corrected chi connectivity index (χ2v) is 5.09. The van der Waals surface area contributed by atoms with Crippen LogP contribution in [0.1, 0.15) is 12.5 Å². The highest BCUT2D eigenvalue weighted by molar-refractivity contribution is 5.90. The van der Waals surface area contributed by atoms with Crippen molar-refractivity contribution >= 4 is 17.1 Å². The Hall–Kier alpha value is -2.35. The van der Waals surface area contributed by atoms with E-state index in [2.05, 4.69) is 60.0 Å². The van der Waals surface area contributed by atoms with Gasteiger partial charge in [0.1, 0.15) is 5.82 Å². The van der Waals surface area contributed by atoms with Crippen LogP contribution < -0.4 is 0 Å². The second-order valence-electron chi connectivity index (χ2n) is 5.09. The number of aromatic nitrogens is 2. The average molecular weight is 246 g/mol. The summed E-state index contributed by atoms with van der Waals surface area (Å²) < 4.78 is 2.33. The summed E-state index contributed by atoms with van der Waals surface area (Å²) in [4.78, 5) is 4.82. The predicted molar refractivity (Wildman–Crippen MR) is 78.8 cm³/mol. The second kappa shape index (κ2) is 3.82. The molecule has 2 aromatic carbocycles. The molecule has 1 aliphatic heterocycles. The van der Waals surface area contributed by atoms with Gasteiger partial charge in [0, 0.05) is 17.7 Å². The zero-order chi connectivity index (χ0) is 12.8. The van der Waals surface area contributed by atoms with Crippen LogP contribution in [0.4, 0.5) is 0 Å². The Bertz CT molecular complexity index is 795. The lowest BCUT2D eigenvalue weighted by molar-refractivity contribution is 0.814. The van der Waals surface area contributed by atoms with Gasteiger partial charge >= 0.3 is 0 Å². The van der Waals surface area contributed by atoms with E-state index in [1.54, 1.807) is 0 Å². The minimum atomic E-state index is 0.928. The molecule has 1 aromatic heterocycles. The number of hydrogen-bond acceptors (Lipinski definition) is 1. The molecule has 1 aliphatic rings. The highest BCUT2D eigenvalue weighted by atomic mass is 15.1. The third-order valence-corrected chi connectivity index (χ3v) is 3.64. The van der Waals surface area contributed by atoms with Crippen LogP contribution in [0.2, 0.25) is 0 Å². The van der Waals surface area contributed by atoms with E-state index in [0.717, 1.165) is 17.9 Å². The van der Waals surface area contributed by atoms with Gasteiger partial charge in [-0.15, -0.1) is 0 Å². The van der Waals surface area contributed by atoms with Gasteiger partial charge in [-0.05, 0) is 13.0 Å². The molecule has 0 unspecified atom stereocenters. The summed E-state index contributed by atoms with van der Waals surface area (Å²) in [5, 5.41) is 0. The van der Waals surface area contributed by atoms with Crippen molar-refractivity contribution in [1.82, 2.24) is 9.55 Å². The Labute approximate surface area is 112 Å². The van der Waals surface area contributed by atoms with E-state index in [9.17, 15) is 0 Å². The minimum absolute atomic E-state index is 0.928. The van der Waals surface area contributed by atoms with Gasteiger partial charge in [-0.2, -0.15) is 0 Å². The highest BCUT2D eigenvalue weighted by Gasteiger charge is 2.17. The maximum Gasteiger partial charge on any atom is 0.141 e. The SMILES string of the molecule is CC1=Cc2cccc3nc(-c4ccccc4)n(c23)C1. The number of benzene rings is 2. The number of allylic oxidation sites excluding steroid dienone is 1. The number of hydrogen-bond donors (Lipinski definition) is 0. The van der Waals surface area contributed by atoms with E-state index in [-0.39, 0.29) is 0 Å². The first-order chi connectivity index (χ1) is 9.33. The summed E-state index contributed by atoms with van der Waals surface area (Å²) in [5.74, 6) is 1.07. The standard InChI is InChI=1S/C17H14N2/c1-12-10-14-8-5-9-15-16(14)19(11-12)17(18-15)13-6-3-2-4-7-13/h2-10H,11H2,1H3. The van der Waals surface area contributed by atoms with Crippen molar-refractivity contribution in [1.29, 1.82) is 0 Å². The van der Waals surface area contributed by atoms with Crippen LogP contribution in [0.25, 0.3) is 28.5 Å². The summed E-state index contributed by atoms with van der Waals surface area (Å²) in [6, 6.07) is 16.8. The van der Waals surface area contributed by atoms with Gasteiger partial charge in [0.25, 0.3) is 0 Å². The van der Waals surface area contributed by atoms with Crippen LogP contribution in [0.15, 0.2) is 54.1 Å². The zero-order valence-corrected chi connectivity index (χ0v) is 10.8. The third-order valence-electron chi connectivity index (χ3n) is 3.64. The summed E-state index contributed by atoms with van der Waals surface area (Å²) in [6.45, 7) is 3.11. The number of imidazole rings is 1. The van der Waals surface area contributed by atoms with Crippen molar-refractivity contribution in [3.8, 4) is 11.4 Å². The van der Waals surface area contributed by atoms with E-state index in [1.807, 2.05) is 6.07 Å². The van der Waals surface area contributed by atoms with Crippen molar-refractivity contribution in [3.05, 3.63) is 59.7 Å². The molecule has 0 radical (unpaired) electrons. The molecular formula is C17H14N2. The molecule has 2 heteroatoms. The van der Waals surface area contributed by atoms with Crippen molar-refractivity contribution in [2.75, 3.05) is 0 Å². The van der Waals surface area contributed by atoms with Gasteiger partial charge < -0.3 is 4.57 Å². The molecule has 0 atom stereocenters. The van der Waals surface area contributed by atoms with Crippen LogP contribution in [0.3, 0.4) is 0 Å². The monoisotopic (exact) mass is 246 g/mol. The summed E-state index contributed by atoms with van der Waals surface area (Å²) in [5.41, 5.74) is 6.16. The average Bonchev–Trinajstić information content (AvgIpc) is 2.80. The Morgan fingerprint density at radius 2 is 1.84 bits per heavy atom. The van der Waals surface area contributed by atoms with Gasteiger partial charge in [0.05, 0.1) is 11.0 Å². The normalized spacial score (nSPS) is 13.6. The fraction of sp³-hybridized carbons (Fsp3) is 0.118. The zero-order valence-electron chi connectivity index (χ0n) is 10.8. The van der Waals surface area contributed by atoms with E-state index < -0.39 is 0 Å². The molecule has 0 saturated carbocycles. The number of rotatable bonds is 1. The quantitative estimate of drug-likeness (QED) is 0.631. The summed E-state index contributed by atoms with van der Waals surface area (Å²) >= 11 is 0. The molecular weight excluding hydrogens is 232 g/mol. The molecule has 2 nitrogen and oxygen atoms in total. The third kappa shape index (κ3) is 1.53. The Morgan fingerprint density at radius 1 is 1.00 bits per heavy atom. The molecule has 0 amide bonds. The minimum Gasteiger partial charge on any atom is -0.319 e. The molecule has 0 saturated heterocycles. The summed E-state index contributed by atoms with van der Waals surface area (Å²) in [7, 11) is 0. The predicted octanol–water partition coefficient (Wildman–Crippen LogP) is 4.12. The van der Waals surface area contributed by atoms with E-state index in [0.29, 0.717) is 0 Å². The fourth-order valence-corrected chi connectivity index (χ4v) is 2.85. The molecule has 4 rings (SSSR count). The van der Waals surface area contributed by atoms with Gasteiger partial charge in [0.15, 0.2) is 0 Å². The van der Waals surface area contributed by atoms with E-state index in [4.69, 9.17) is 4.98 Å². The van der Waals surface area contributed by atoms with Gasteiger partial charge in [-0.3, -0.25) is 0 Å².